The lowest BCUT2D eigenvalue weighted by molar-refractivity contribution is -0.148. The van der Waals surface area contributed by atoms with Gasteiger partial charge in [-0.3, -0.25) is 4.79 Å². The Morgan fingerprint density at radius 1 is 1.23 bits per heavy atom. The third kappa shape index (κ3) is 9.12. The minimum absolute atomic E-state index is 0.0335. The largest absolute Gasteiger partial charge is 0.457 e. The summed E-state index contributed by atoms with van der Waals surface area (Å²) in [5.41, 5.74) is 2.84. The number of unbranched alkanes of at least 4 members (excludes halogenated alkanes) is 1. The van der Waals surface area contributed by atoms with Gasteiger partial charge in [-0.25, -0.2) is 4.98 Å². The molecule has 3 unspecified atom stereocenters. The molecule has 2 aliphatic carbocycles. The molecule has 0 spiro atoms. The van der Waals surface area contributed by atoms with Gasteiger partial charge in [0.25, 0.3) is 0 Å². The summed E-state index contributed by atoms with van der Waals surface area (Å²) in [6.07, 6.45) is 24.9. The Kier molecular flexibility index (Phi) is 12.8. The Hall–Kier alpha value is -3.47. The van der Waals surface area contributed by atoms with Gasteiger partial charge in [-0.05, 0) is 69.9 Å². The van der Waals surface area contributed by atoms with Crippen molar-refractivity contribution in [3.05, 3.63) is 83.2 Å². The average molecular weight is 643 g/mol. The van der Waals surface area contributed by atoms with E-state index in [-0.39, 0.29) is 53.5 Å². The average Bonchev–Trinajstić information content (AvgIpc) is 3.41. The summed E-state index contributed by atoms with van der Waals surface area (Å²) in [5, 5.41) is 20.0. The van der Waals surface area contributed by atoms with Crippen LogP contribution in [-0.2, 0) is 14.3 Å². The number of allylic oxidation sites excluding steroid dienone is 8. The Bertz CT molecular complexity index is 1450. The number of rotatable bonds is 7. The van der Waals surface area contributed by atoms with E-state index in [9.17, 15) is 9.90 Å². The van der Waals surface area contributed by atoms with Crippen LogP contribution in [-0.4, -0.2) is 41.5 Å². The van der Waals surface area contributed by atoms with Gasteiger partial charge >= 0.3 is 5.97 Å². The van der Waals surface area contributed by atoms with Crippen LogP contribution in [0.15, 0.2) is 70.2 Å². The molecule has 1 fully saturated rings. The lowest BCUT2D eigenvalue weighted by Gasteiger charge is -2.53. The smallest absolute Gasteiger partial charge is 0.306 e. The number of hydrogen-bond acceptors (Lipinski definition) is 7. The highest BCUT2D eigenvalue weighted by Gasteiger charge is 2.51. The standard InChI is InChI=1S/C40H54N2O5/c1-26-13-12-17-37(44)47-36(19-18-34-30(5)46-39(42-34)28(3)15-10-11-22-41)27(2)14-8-9-16-31-23-29(4)38-33(40(31,6)21-20-26)24-32(45-7)25-35(38)43/h8-9,13-14,16,18-21,23,27-28,31-33,35-36,38,43H,10-12,15,17,24-25H2,1-7H3/b14-8+,16-9+,19-18+,21-20+,26-13-/t27?,28?,31-,32-,33+,35-,36?,38+,40-/m0/s1. The number of aliphatic hydroxyl groups is 1. The van der Waals surface area contributed by atoms with Gasteiger partial charge in [0.1, 0.15) is 17.6 Å². The number of methoxy groups -OCH3 is 1. The zero-order valence-corrected chi connectivity index (χ0v) is 29.3. The van der Waals surface area contributed by atoms with Crippen molar-refractivity contribution in [2.75, 3.05) is 7.11 Å². The summed E-state index contributed by atoms with van der Waals surface area (Å²) in [4.78, 5) is 17.7. The first kappa shape index (κ1) is 36.4. The maximum Gasteiger partial charge on any atom is 0.306 e. The Balaban J connectivity index is 1.61. The molecule has 0 radical (unpaired) electrons. The first-order valence-corrected chi connectivity index (χ1v) is 17.3. The summed E-state index contributed by atoms with van der Waals surface area (Å²) in [6, 6.07) is 2.19. The maximum absolute atomic E-state index is 13.0. The van der Waals surface area contributed by atoms with Crippen molar-refractivity contribution < 1.29 is 23.8 Å². The molecule has 1 aliphatic heterocycles. The van der Waals surface area contributed by atoms with Gasteiger partial charge < -0.3 is 19.0 Å². The van der Waals surface area contributed by atoms with E-state index in [1.54, 1.807) is 7.11 Å². The molecule has 1 aromatic rings. The van der Waals surface area contributed by atoms with Crippen LogP contribution < -0.4 is 0 Å². The number of carbonyl (C=O) groups excluding carboxylic acids is 1. The second-order valence-corrected chi connectivity index (χ2v) is 14.0. The highest BCUT2D eigenvalue weighted by atomic mass is 16.5. The van der Waals surface area contributed by atoms with Crippen LogP contribution in [0.5, 0.6) is 0 Å². The summed E-state index contributed by atoms with van der Waals surface area (Å²) >= 11 is 0. The van der Waals surface area contributed by atoms with Crippen LogP contribution in [0, 0.1) is 47.3 Å². The number of cyclic esters (lactones) is 1. The van der Waals surface area contributed by atoms with E-state index in [2.05, 4.69) is 83.2 Å². The first-order valence-electron chi connectivity index (χ1n) is 17.3. The van der Waals surface area contributed by atoms with Crippen LogP contribution in [0.4, 0.5) is 0 Å². The molecule has 47 heavy (non-hydrogen) atoms. The minimum Gasteiger partial charge on any atom is -0.457 e. The number of aryl methyl sites for hydroxylation is 1. The van der Waals surface area contributed by atoms with E-state index >= 15 is 0 Å². The van der Waals surface area contributed by atoms with Crippen LogP contribution in [0.3, 0.4) is 0 Å². The van der Waals surface area contributed by atoms with Crippen molar-refractivity contribution in [1.82, 2.24) is 4.98 Å². The quantitative estimate of drug-likeness (QED) is 0.180. The van der Waals surface area contributed by atoms with E-state index in [1.807, 2.05) is 25.2 Å². The van der Waals surface area contributed by atoms with E-state index in [1.165, 1.54) is 5.57 Å². The van der Waals surface area contributed by atoms with Crippen molar-refractivity contribution in [3.8, 4) is 6.07 Å². The number of nitrogens with zero attached hydrogens (tertiary/aromatic N) is 2. The van der Waals surface area contributed by atoms with Crippen molar-refractivity contribution in [2.45, 2.75) is 111 Å². The molecule has 4 rings (SSSR count). The molecule has 1 N–H and O–H groups in total. The molecular weight excluding hydrogens is 588 g/mol. The first-order chi connectivity index (χ1) is 22.5. The fourth-order valence-corrected chi connectivity index (χ4v) is 7.44. The van der Waals surface area contributed by atoms with Crippen molar-refractivity contribution in [3.63, 3.8) is 0 Å². The molecule has 0 saturated heterocycles. The van der Waals surface area contributed by atoms with Gasteiger partial charge in [0.2, 0.25) is 0 Å². The third-order valence-corrected chi connectivity index (χ3v) is 10.5. The molecule has 1 saturated carbocycles. The molecule has 254 valence electrons. The van der Waals surface area contributed by atoms with Crippen molar-refractivity contribution in [2.24, 2.45) is 29.1 Å². The lowest BCUT2D eigenvalue weighted by Crippen LogP contribution is -2.50. The van der Waals surface area contributed by atoms with Gasteiger partial charge in [0.15, 0.2) is 5.89 Å². The second-order valence-electron chi connectivity index (χ2n) is 14.0. The monoisotopic (exact) mass is 642 g/mol. The topological polar surface area (TPSA) is 106 Å². The zero-order valence-electron chi connectivity index (χ0n) is 29.3. The molecule has 9 atom stereocenters. The van der Waals surface area contributed by atoms with Gasteiger partial charge in [-0.2, -0.15) is 5.26 Å². The van der Waals surface area contributed by atoms with Crippen LogP contribution in [0.25, 0.3) is 6.08 Å². The highest BCUT2D eigenvalue weighted by Crippen LogP contribution is 2.54. The summed E-state index contributed by atoms with van der Waals surface area (Å²) < 4.78 is 17.8. The normalized spacial score (nSPS) is 35.7. The van der Waals surface area contributed by atoms with Crippen LogP contribution in [0.1, 0.15) is 103 Å². The number of hydrogen-bond donors (Lipinski definition) is 1. The number of aromatic nitrogens is 1. The highest BCUT2D eigenvalue weighted by molar-refractivity contribution is 5.70. The molecule has 1 aromatic heterocycles. The number of ether oxygens (including phenoxy) is 2. The zero-order chi connectivity index (χ0) is 34.1. The lowest BCUT2D eigenvalue weighted by atomic mass is 9.53. The number of oxazole rings is 1. The summed E-state index contributed by atoms with van der Waals surface area (Å²) in [7, 11) is 1.75. The number of carbonyl (C=O) groups is 1. The molecule has 7 heteroatoms. The van der Waals surface area contributed by atoms with E-state index in [0.717, 1.165) is 30.5 Å². The SMILES string of the molecule is CO[C@H]1C[C@@H]2[C@@H](C(C)=C[C@@H]3/C=C/C=C/C(C)C(/C=C/c4nc(C(C)CCCC#N)oc4C)OC(=O)CC/C=C(C)\C=C\[C@@]32C)[C@@H](O)C1. The third-order valence-electron chi connectivity index (χ3n) is 10.5. The Morgan fingerprint density at radius 3 is 2.74 bits per heavy atom. The Labute approximate surface area is 281 Å². The molecule has 0 aromatic carbocycles. The van der Waals surface area contributed by atoms with Gasteiger partial charge in [0, 0.05) is 50.0 Å². The van der Waals surface area contributed by atoms with E-state index in [0.29, 0.717) is 30.9 Å². The number of esters is 1. The molecule has 3 aliphatic rings. The maximum atomic E-state index is 13.0. The number of fused-ring (bicyclic) bond motifs is 3. The molecule has 0 bridgehead atoms. The van der Waals surface area contributed by atoms with Crippen LogP contribution in [0.2, 0.25) is 0 Å². The van der Waals surface area contributed by atoms with E-state index in [4.69, 9.17) is 24.1 Å². The Morgan fingerprint density at radius 2 is 2.00 bits per heavy atom. The van der Waals surface area contributed by atoms with Gasteiger partial charge in [0.05, 0.1) is 18.3 Å². The predicted octanol–water partition coefficient (Wildman–Crippen LogP) is 8.73. The fraction of sp³-hybridized carbons (Fsp3) is 0.575. The number of aliphatic hydroxyl groups excluding tert-OH is 1. The molecule has 2 heterocycles. The van der Waals surface area contributed by atoms with Gasteiger partial charge in [-0.15, -0.1) is 0 Å². The fourth-order valence-electron chi connectivity index (χ4n) is 7.44. The van der Waals surface area contributed by atoms with Gasteiger partial charge in [-0.1, -0.05) is 80.5 Å². The van der Waals surface area contributed by atoms with Crippen molar-refractivity contribution in [1.29, 1.82) is 5.26 Å². The summed E-state index contributed by atoms with van der Waals surface area (Å²) in [5.74, 6) is 1.63. The predicted molar refractivity (Wildman–Crippen MR) is 186 cm³/mol. The minimum atomic E-state index is -0.477. The molecule has 0 amide bonds. The molecular formula is C40H54N2O5. The van der Waals surface area contributed by atoms with E-state index < -0.39 is 12.2 Å². The second kappa shape index (κ2) is 16.6. The number of nitriles is 1. The molecule has 7 nitrogen and oxygen atoms in total. The summed E-state index contributed by atoms with van der Waals surface area (Å²) in [6.45, 7) is 12.5. The van der Waals surface area contributed by atoms with Crippen LogP contribution >= 0.6 is 0 Å². The van der Waals surface area contributed by atoms with Crippen molar-refractivity contribution >= 4 is 12.0 Å².